The van der Waals surface area contributed by atoms with Crippen LogP contribution in [0.25, 0.3) is 11.0 Å². The lowest BCUT2D eigenvalue weighted by atomic mass is 10.1. The molecule has 0 aliphatic heterocycles. The summed E-state index contributed by atoms with van der Waals surface area (Å²) in [5, 5.41) is 2.62. The predicted molar refractivity (Wildman–Crippen MR) is 119 cm³/mol. The number of hydrogen-bond acceptors (Lipinski definition) is 5. The molecule has 0 atom stereocenters. The van der Waals surface area contributed by atoms with E-state index in [1.807, 2.05) is 0 Å². The summed E-state index contributed by atoms with van der Waals surface area (Å²) in [5.74, 6) is -1.23. The summed E-state index contributed by atoms with van der Waals surface area (Å²) < 4.78 is 28.2. The minimum absolute atomic E-state index is 0.0544. The Labute approximate surface area is 181 Å². The van der Waals surface area contributed by atoms with Gasteiger partial charge in [0.25, 0.3) is 15.9 Å². The zero-order valence-electron chi connectivity index (χ0n) is 16.4. The van der Waals surface area contributed by atoms with Crippen LogP contribution in [0, 0.1) is 0 Å². The minimum atomic E-state index is -4.07. The molecule has 1 heterocycles. The number of nitrogens with two attached hydrogens (primary N) is 1. The lowest BCUT2D eigenvalue weighted by Crippen LogP contribution is -2.19. The Morgan fingerprint density at radius 3 is 2.41 bits per heavy atom. The maximum absolute atomic E-state index is 12.9. The highest BCUT2D eigenvalue weighted by atomic mass is 32.2. The fourth-order valence-electron chi connectivity index (χ4n) is 3.10. The van der Waals surface area contributed by atoms with Crippen LogP contribution in [0.3, 0.4) is 0 Å². The number of carbonyl (C=O) groups is 2. The van der Waals surface area contributed by atoms with Crippen LogP contribution in [0.2, 0.25) is 0 Å². The van der Waals surface area contributed by atoms with Crippen LogP contribution in [-0.2, 0) is 10.0 Å². The number of anilines is 2. The third-order valence-electron chi connectivity index (χ3n) is 4.62. The predicted octanol–water partition coefficient (Wildman–Crippen LogP) is 2.01. The Morgan fingerprint density at radius 1 is 0.875 bits per heavy atom. The molecule has 0 saturated carbocycles. The summed E-state index contributed by atoms with van der Waals surface area (Å²) in [6.45, 7) is 0. The third-order valence-corrected chi connectivity index (χ3v) is 5.98. The maximum atomic E-state index is 12.9. The van der Waals surface area contributed by atoms with Crippen LogP contribution in [0.1, 0.15) is 20.7 Å². The van der Waals surface area contributed by atoms with E-state index in [0.29, 0.717) is 16.7 Å². The molecule has 4 aromatic rings. The average Bonchev–Trinajstić information content (AvgIpc) is 3.13. The van der Waals surface area contributed by atoms with Crippen LogP contribution in [-0.4, -0.2) is 30.2 Å². The van der Waals surface area contributed by atoms with Crippen molar-refractivity contribution >= 4 is 44.2 Å². The first-order valence-electron chi connectivity index (χ1n) is 9.28. The van der Waals surface area contributed by atoms with E-state index < -0.39 is 27.5 Å². The Kier molecular flexibility index (Phi) is 5.24. The van der Waals surface area contributed by atoms with Crippen LogP contribution >= 0.6 is 0 Å². The van der Waals surface area contributed by atoms with E-state index >= 15 is 0 Å². The SMILES string of the molecule is NC(=O)c1cccc(NC(=O)c2ccccc2NS(=O)(=O)c2ccc3[nH]c(=O)[nH]c3c2)c1. The fourth-order valence-corrected chi connectivity index (χ4v) is 4.21. The minimum Gasteiger partial charge on any atom is -0.366 e. The number of para-hydroxylation sites is 1. The molecule has 0 bridgehead atoms. The molecule has 32 heavy (non-hydrogen) atoms. The van der Waals surface area contributed by atoms with Gasteiger partial charge in [-0.15, -0.1) is 0 Å². The molecule has 0 aliphatic rings. The first-order valence-corrected chi connectivity index (χ1v) is 10.8. The highest BCUT2D eigenvalue weighted by Crippen LogP contribution is 2.23. The van der Waals surface area contributed by atoms with E-state index in [9.17, 15) is 22.8 Å². The summed E-state index contributed by atoms with van der Waals surface area (Å²) in [5.41, 5.74) is 6.27. The van der Waals surface area contributed by atoms with Crippen LogP contribution in [0.4, 0.5) is 11.4 Å². The molecule has 11 heteroatoms. The molecular formula is C21H17N5O5S. The number of H-pyrrole nitrogens is 2. The number of primary amides is 1. The van der Waals surface area contributed by atoms with Crippen molar-refractivity contribution < 1.29 is 18.0 Å². The second-order valence-electron chi connectivity index (χ2n) is 6.84. The van der Waals surface area contributed by atoms with Crippen molar-refractivity contribution in [2.75, 3.05) is 10.0 Å². The molecule has 162 valence electrons. The zero-order chi connectivity index (χ0) is 22.9. The third kappa shape index (κ3) is 4.23. The fraction of sp³-hybridized carbons (Fsp3) is 0. The Morgan fingerprint density at radius 2 is 1.62 bits per heavy atom. The molecule has 1 aromatic heterocycles. The second kappa shape index (κ2) is 8.04. The van der Waals surface area contributed by atoms with E-state index in [2.05, 4.69) is 20.0 Å². The molecule has 0 unspecified atom stereocenters. The first kappa shape index (κ1) is 20.9. The molecule has 10 nitrogen and oxygen atoms in total. The van der Waals surface area contributed by atoms with Crippen molar-refractivity contribution in [3.8, 4) is 0 Å². The van der Waals surface area contributed by atoms with Gasteiger partial charge in [0.05, 0.1) is 27.2 Å². The number of amides is 2. The van der Waals surface area contributed by atoms with Gasteiger partial charge in [0, 0.05) is 11.3 Å². The van der Waals surface area contributed by atoms with Crippen LogP contribution in [0.5, 0.6) is 0 Å². The molecule has 0 spiro atoms. The van der Waals surface area contributed by atoms with Gasteiger partial charge in [-0.3, -0.25) is 14.3 Å². The summed E-state index contributed by atoms with van der Waals surface area (Å²) in [7, 11) is -4.07. The van der Waals surface area contributed by atoms with Gasteiger partial charge in [0.2, 0.25) is 5.91 Å². The van der Waals surface area contributed by atoms with Crippen molar-refractivity contribution in [1.82, 2.24) is 9.97 Å². The Balaban J connectivity index is 1.62. The maximum Gasteiger partial charge on any atom is 0.323 e. The molecule has 0 fully saturated rings. The summed E-state index contributed by atoms with van der Waals surface area (Å²) >= 11 is 0. The van der Waals surface area contributed by atoms with Gasteiger partial charge in [-0.25, -0.2) is 13.2 Å². The average molecular weight is 451 g/mol. The van der Waals surface area contributed by atoms with Crippen molar-refractivity contribution in [1.29, 1.82) is 0 Å². The van der Waals surface area contributed by atoms with Crippen molar-refractivity contribution in [3.05, 3.63) is 88.3 Å². The number of hydrogen-bond donors (Lipinski definition) is 5. The highest BCUT2D eigenvalue weighted by molar-refractivity contribution is 7.92. The Hall–Kier alpha value is -4.38. The highest BCUT2D eigenvalue weighted by Gasteiger charge is 2.20. The van der Waals surface area contributed by atoms with E-state index in [-0.39, 0.29) is 21.7 Å². The van der Waals surface area contributed by atoms with E-state index in [4.69, 9.17) is 5.73 Å². The molecule has 3 aromatic carbocycles. The van der Waals surface area contributed by atoms with E-state index in [0.717, 1.165) is 0 Å². The number of imidazole rings is 1. The van der Waals surface area contributed by atoms with Gasteiger partial charge in [-0.05, 0) is 48.5 Å². The number of fused-ring (bicyclic) bond motifs is 1. The summed E-state index contributed by atoms with van der Waals surface area (Å²) in [4.78, 5) is 40.5. The zero-order valence-corrected chi connectivity index (χ0v) is 17.2. The number of aromatic amines is 2. The van der Waals surface area contributed by atoms with Gasteiger partial charge < -0.3 is 21.0 Å². The standard InChI is InChI=1S/C21H17N5O5S/c22-19(27)12-4-3-5-13(10-12)23-20(28)15-6-1-2-7-16(15)26-32(30,31)14-8-9-17-18(11-14)25-21(29)24-17/h1-11,26H,(H2,22,27)(H,23,28)(H2,24,25,29). The molecule has 0 radical (unpaired) electrons. The van der Waals surface area contributed by atoms with Gasteiger partial charge in [-0.2, -0.15) is 0 Å². The number of nitrogens with one attached hydrogen (secondary N) is 4. The number of benzene rings is 3. The molecule has 2 amide bonds. The first-order chi connectivity index (χ1) is 15.2. The topological polar surface area (TPSA) is 167 Å². The van der Waals surface area contributed by atoms with Gasteiger partial charge in [0.1, 0.15) is 0 Å². The quantitative estimate of drug-likeness (QED) is 0.302. The Bertz CT molecular complexity index is 1520. The van der Waals surface area contributed by atoms with E-state index in [1.165, 1.54) is 42.5 Å². The van der Waals surface area contributed by atoms with Gasteiger partial charge in [-0.1, -0.05) is 18.2 Å². The summed E-state index contributed by atoms with van der Waals surface area (Å²) in [6.07, 6.45) is 0. The molecular weight excluding hydrogens is 434 g/mol. The van der Waals surface area contributed by atoms with Gasteiger partial charge >= 0.3 is 5.69 Å². The number of aromatic nitrogens is 2. The molecule has 0 saturated heterocycles. The van der Waals surface area contributed by atoms with Crippen molar-refractivity contribution in [2.24, 2.45) is 5.73 Å². The van der Waals surface area contributed by atoms with Gasteiger partial charge in [0.15, 0.2) is 0 Å². The smallest absolute Gasteiger partial charge is 0.323 e. The lowest BCUT2D eigenvalue weighted by Gasteiger charge is -2.13. The molecule has 4 rings (SSSR count). The largest absolute Gasteiger partial charge is 0.366 e. The second-order valence-corrected chi connectivity index (χ2v) is 8.52. The van der Waals surface area contributed by atoms with Crippen molar-refractivity contribution in [2.45, 2.75) is 4.90 Å². The lowest BCUT2D eigenvalue weighted by molar-refractivity contribution is 0.0996. The number of rotatable bonds is 6. The van der Waals surface area contributed by atoms with Crippen LogP contribution in [0.15, 0.2) is 76.4 Å². The molecule has 0 aliphatic carbocycles. The summed E-state index contributed by atoms with van der Waals surface area (Å²) in [6, 6.07) is 16.2. The van der Waals surface area contributed by atoms with E-state index in [1.54, 1.807) is 24.3 Å². The number of carbonyl (C=O) groups excluding carboxylic acids is 2. The van der Waals surface area contributed by atoms with Crippen molar-refractivity contribution in [3.63, 3.8) is 0 Å². The number of sulfonamides is 1. The van der Waals surface area contributed by atoms with Crippen LogP contribution < -0.4 is 21.5 Å². The molecule has 6 N–H and O–H groups in total. The normalized spacial score (nSPS) is 11.2. The monoisotopic (exact) mass is 451 g/mol.